The third-order valence-electron chi connectivity index (χ3n) is 3.83. The molecule has 35 heavy (non-hydrogen) atoms. The van der Waals surface area contributed by atoms with Gasteiger partial charge in [-0.1, -0.05) is 49.6 Å². The predicted molar refractivity (Wildman–Crippen MR) is 126 cm³/mol. The summed E-state index contributed by atoms with van der Waals surface area (Å²) in [5.41, 5.74) is 1.33. The Morgan fingerprint density at radius 1 is 0.600 bits per heavy atom. The van der Waals surface area contributed by atoms with Crippen molar-refractivity contribution in [2.75, 3.05) is 26.4 Å². The summed E-state index contributed by atoms with van der Waals surface area (Å²) in [6.45, 7) is 10.8. The largest absolute Gasteiger partial charge is 0.460 e. The Morgan fingerprint density at radius 2 is 0.943 bits per heavy atom. The lowest BCUT2D eigenvalue weighted by Crippen LogP contribution is -2.14. The second-order valence-electron chi connectivity index (χ2n) is 6.92. The van der Waals surface area contributed by atoms with Gasteiger partial charge in [-0.3, -0.25) is 0 Å². The first kappa shape index (κ1) is 28.8. The molecule has 9 heteroatoms. The van der Waals surface area contributed by atoms with Gasteiger partial charge in [0.25, 0.3) is 0 Å². The Balaban J connectivity index is 0.000000351. The van der Waals surface area contributed by atoms with E-state index in [0.29, 0.717) is 22.3 Å². The lowest BCUT2D eigenvalue weighted by molar-refractivity contribution is -0.187. The van der Waals surface area contributed by atoms with Gasteiger partial charge >= 0.3 is 23.9 Å². The third kappa shape index (κ3) is 12.5. The highest BCUT2D eigenvalue weighted by atomic mass is 17.2. The Labute approximate surface area is 203 Å². The summed E-state index contributed by atoms with van der Waals surface area (Å²) in [4.78, 5) is 53.8. The van der Waals surface area contributed by atoms with E-state index in [-0.39, 0.29) is 26.4 Å². The van der Waals surface area contributed by atoms with E-state index in [4.69, 9.17) is 14.2 Å². The van der Waals surface area contributed by atoms with Crippen molar-refractivity contribution in [1.29, 1.82) is 0 Å². The second-order valence-corrected chi connectivity index (χ2v) is 6.92. The lowest BCUT2D eigenvalue weighted by atomic mass is 10.2. The number of hydrogen-bond acceptors (Lipinski definition) is 9. The number of esters is 2. The molecule has 0 unspecified atom stereocenters. The maximum atomic E-state index is 11.5. The Morgan fingerprint density at radius 3 is 1.26 bits per heavy atom. The standard InChI is InChI=1S/C14H10O4.C12H18O5/c15-13(11-7-3-1-4-8-11)17-18-14(16)12-9-5-2-6-10-12;1-9(2)11(13)16-7-5-15-6-8-17-12(14)10(3)4/h1-10H;1,3,5-8H2,2,4H3. The number of ether oxygens (including phenoxy) is 3. The Kier molecular flexibility index (Phi) is 13.5. The molecule has 2 aromatic carbocycles. The van der Waals surface area contributed by atoms with Crippen LogP contribution in [0.5, 0.6) is 0 Å². The van der Waals surface area contributed by atoms with Gasteiger partial charge in [0, 0.05) is 11.1 Å². The molecule has 186 valence electrons. The second kappa shape index (κ2) is 16.4. The van der Waals surface area contributed by atoms with Gasteiger partial charge in [0.05, 0.1) is 24.3 Å². The van der Waals surface area contributed by atoms with Crippen LogP contribution in [-0.2, 0) is 33.6 Å². The van der Waals surface area contributed by atoms with Crippen LogP contribution in [-0.4, -0.2) is 50.3 Å². The van der Waals surface area contributed by atoms with Crippen molar-refractivity contribution in [1.82, 2.24) is 0 Å². The molecule has 0 aliphatic heterocycles. The van der Waals surface area contributed by atoms with E-state index in [1.165, 1.54) is 0 Å². The molecule has 9 nitrogen and oxygen atoms in total. The van der Waals surface area contributed by atoms with Gasteiger partial charge in [-0.2, -0.15) is 0 Å². The van der Waals surface area contributed by atoms with E-state index in [1.54, 1.807) is 74.5 Å². The van der Waals surface area contributed by atoms with Gasteiger partial charge in [-0.25, -0.2) is 29.0 Å². The minimum absolute atomic E-state index is 0.153. The molecule has 2 rings (SSSR count). The van der Waals surface area contributed by atoms with Crippen LogP contribution in [0.25, 0.3) is 0 Å². The molecular weight excluding hydrogens is 456 g/mol. The molecule has 0 heterocycles. The van der Waals surface area contributed by atoms with E-state index in [1.807, 2.05) is 0 Å². The normalized spacial score (nSPS) is 9.54. The van der Waals surface area contributed by atoms with Crippen LogP contribution in [0.1, 0.15) is 34.6 Å². The molecule has 0 saturated carbocycles. The highest BCUT2D eigenvalue weighted by Crippen LogP contribution is 2.05. The minimum atomic E-state index is -0.708. The molecule has 2 aromatic rings. The molecule has 0 spiro atoms. The van der Waals surface area contributed by atoms with Crippen molar-refractivity contribution < 1.29 is 43.2 Å². The molecule has 0 aliphatic rings. The van der Waals surface area contributed by atoms with Gasteiger partial charge in [-0.15, -0.1) is 0 Å². The summed E-state index contributed by atoms with van der Waals surface area (Å²) in [6, 6.07) is 16.6. The van der Waals surface area contributed by atoms with Crippen molar-refractivity contribution in [3.8, 4) is 0 Å². The molecule has 0 aliphatic carbocycles. The van der Waals surface area contributed by atoms with Gasteiger partial charge in [0.2, 0.25) is 0 Å². The number of carbonyl (C=O) groups excluding carboxylic acids is 4. The topological polar surface area (TPSA) is 114 Å². The van der Waals surface area contributed by atoms with Crippen LogP contribution < -0.4 is 0 Å². The van der Waals surface area contributed by atoms with Gasteiger partial charge in [-0.05, 0) is 38.1 Å². The first-order valence-electron chi connectivity index (χ1n) is 10.5. The summed E-state index contributed by atoms with van der Waals surface area (Å²) in [6.07, 6.45) is 0. The molecular formula is C26H28O9. The first-order chi connectivity index (χ1) is 16.7. The number of benzene rings is 2. The average Bonchev–Trinajstić information content (AvgIpc) is 2.87. The zero-order valence-electron chi connectivity index (χ0n) is 19.7. The maximum absolute atomic E-state index is 11.5. The fourth-order valence-corrected chi connectivity index (χ4v) is 2.06. The van der Waals surface area contributed by atoms with Crippen LogP contribution in [0.3, 0.4) is 0 Å². The molecule has 0 N–H and O–H groups in total. The Bertz CT molecular complexity index is 916. The van der Waals surface area contributed by atoms with Crippen molar-refractivity contribution >= 4 is 23.9 Å². The van der Waals surface area contributed by atoms with Crippen LogP contribution in [0, 0.1) is 0 Å². The molecule has 0 fully saturated rings. The maximum Gasteiger partial charge on any atom is 0.386 e. The van der Waals surface area contributed by atoms with Crippen LogP contribution in [0.15, 0.2) is 85.0 Å². The van der Waals surface area contributed by atoms with E-state index >= 15 is 0 Å². The van der Waals surface area contributed by atoms with Crippen molar-refractivity contribution in [2.45, 2.75) is 13.8 Å². The quantitative estimate of drug-likeness (QED) is 0.163. The van der Waals surface area contributed by atoms with Crippen molar-refractivity contribution in [3.05, 3.63) is 96.1 Å². The smallest absolute Gasteiger partial charge is 0.386 e. The molecule has 0 bridgehead atoms. The van der Waals surface area contributed by atoms with Crippen molar-refractivity contribution in [3.63, 3.8) is 0 Å². The van der Waals surface area contributed by atoms with Crippen molar-refractivity contribution in [2.24, 2.45) is 0 Å². The number of rotatable bonds is 10. The van der Waals surface area contributed by atoms with Gasteiger partial charge < -0.3 is 14.2 Å². The third-order valence-corrected chi connectivity index (χ3v) is 3.83. The summed E-state index contributed by atoms with van der Waals surface area (Å²) in [7, 11) is 0. The Hall–Kier alpha value is -4.24. The molecule has 0 atom stereocenters. The van der Waals surface area contributed by atoms with E-state index < -0.39 is 23.9 Å². The summed E-state index contributed by atoms with van der Waals surface area (Å²) >= 11 is 0. The van der Waals surface area contributed by atoms with E-state index in [9.17, 15) is 19.2 Å². The number of hydrogen-bond donors (Lipinski definition) is 0. The summed E-state index contributed by atoms with van der Waals surface area (Å²) < 4.78 is 14.6. The molecule has 0 amide bonds. The lowest BCUT2D eigenvalue weighted by Gasteiger charge is -2.06. The molecule has 0 saturated heterocycles. The van der Waals surface area contributed by atoms with Gasteiger partial charge in [0.15, 0.2) is 0 Å². The molecule has 0 radical (unpaired) electrons. The SMILES string of the molecule is C=C(C)C(=O)OCCOCCOC(=O)C(=C)C.O=C(OOC(=O)c1ccccc1)c1ccccc1. The summed E-state index contributed by atoms with van der Waals surface area (Å²) in [5.74, 6) is -2.30. The highest BCUT2D eigenvalue weighted by molar-refractivity contribution is 5.92. The van der Waals surface area contributed by atoms with Gasteiger partial charge in [0.1, 0.15) is 13.2 Å². The zero-order valence-corrected chi connectivity index (χ0v) is 19.7. The molecule has 0 aromatic heterocycles. The summed E-state index contributed by atoms with van der Waals surface area (Å²) in [5, 5.41) is 0. The first-order valence-corrected chi connectivity index (χ1v) is 10.5. The number of carbonyl (C=O) groups is 4. The van der Waals surface area contributed by atoms with Crippen LogP contribution >= 0.6 is 0 Å². The predicted octanol–water partition coefficient (Wildman–Crippen LogP) is 3.86. The highest BCUT2D eigenvalue weighted by Gasteiger charge is 2.13. The van der Waals surface area contributed by atoms with E-state index in [2.05, 4.69) is 22.9 Å². The van der Waals surface area contributed by atoms with E-state index in [0.717, 1.165) is 0 Å². The van der Waals surface area contributed by atoms with Crippen LogP contribution in [0.4, 0.5) is 0 Å². The fraction of sp³-hybridized carbons (Fsp3) is 0.231. The van der Waals surface area contributed by atoms with Crippen LogP contribution in [0.2, 0.25) is 0 Å². The zero-order chi connectivity index (χ0) is 26.1. The average molecular weight is 485 g/mol. The monoisotopic (exact) mass is 484 g/mol. The minimum Gasteiger partial charge on any atom is -0.460 e. The fourth-order valence-electron chi connectivity index (χ4n) is 2.06.